The molecule has 1 amide bonds. The average Bonchev–Trinajstić information content (AvgIpc) is 2.66. The van der Waals surface area contributed by atoms with Crippen LogP contribution in [0.1, 0.15) is 27.6 Å². The molecule has 6 nitrogen and oxygen atoms in total. The van der Waals surface area contributed by atoms with Crippen molar-refractivity contribution in [1.29, 1.82) is 0 Å². The van der Waals surface area contributed by atoms with Gasteiger partial charge in [0.2, 0.25) is 0 Å². The summed E-state index contributed by atoms with van der Waals surface area (Å²) in [6.07, 6.45) is 0. The predicted octanol–water partition coefficient (Wildman–Crippen LogP) is 2.72. The first-order chi connectivity index (χ1) is 13.0. The van der Waals surface area contributed by atoms with E-state index in [9.17, 15) is 14.0 Å². The Morgan fingerprint density at radius 3 is 2.19 bits per heavy atom. The minimum absolute atomic E-state index is 0.287. The monoisotopic (exact) mass is 389 g/mol. The zero-order chi connectivity index (χ0) is 19.6. The van der Waals surface area contributed by atoms with Crippen LogP contribution in [0.4, 0.5) is 10.1 Å². The van der Waals surface area contributed by atoms with Crippen LogP contribution in [-0.2, 0) is 4.74 Å². The van der Waals surface area contributed by atoms with Crippen LogP contribution in [0.5, 0.6) is 0 Å². The summed E-state index contributed by atoms with van der Waals surface area (Å²) in [5.41, 5.74) is 1.57. The molecule has 0 aliphatic heterocycles. The van der Waals surface area contributed by atoms with Gasteiger partial charge in [-0.2, -0.15) is 0 Å². The van der Waals surface area contributed by atoms with Crippen LogP contribution >= 0.6 is 12.2 Å². The summed E-state index contributed by atoms with van der Waals surface area (Å²) >= 11 is 5.18. The lowest BCUT2D eigenvalue weighted by molar-refractivity contribution is 0.0526. The quantitative estimate of drug-likeness (QED) is 0.384. The van der Waals surface area contributed by atoms with Gasteiger partial charge < -0.3 is 20.7 Å². The fourth-order valence-electron chi connectivity index (χ4n) is 2.13. The van der Waals surface area contributed by atoms with Crippen molar-refractivity contribution in [1.82, 2.24) is 10.6 Å². The van der Waals surface area contributed by atoms with Crippen molar-refractivity contribution in [3.63, 3.8) is 0 Å². The van der Waals surface area contributed by atoms with Crippen LogP contribution in [0.15, 0.2) is 48.5 Å². The number of amides is 1. The number of rotatable bonds is 7. The van der Waals surface area contributed by atoms with E-state index in [1.807, 2.05) is 0 Å². The van der Waals surface area contributed by atoms with E-state index >= 15 is 0 Å². The van der Waals surface area contributed by atoms with Crippen molar-refractivity contribution in [3.05, 3.63) is 65.5 Å². The standard InChI is InChI=1S/C19H20FN3O3S/c1-2-26-18(25)14-5-9-16(10-6-14)23-19(27)22-12-11-21-17(24)13-3-7-15(20)8-4-13/h3-10H,2,11-12H2,1H3,(H,21,24)(H2,22,23,27). The Labute approximate surface area is 162 Å². The molecule has 0 radical (unpaired) electrons. The van der Waals surface area contributed by atoms with Gasteiger partial charge in [-0.15, -0.1) is 0 Å². The van der Waals surface area contributed by atoms with Crippen LogP contribution in [0.2, 0.25) is 0 Å². The Morgan fingerprint density at radius 1 is 0.963 bits per heavy atom. The Kier molecular flexibility index (Phi) is 7.69. The molecule has 3 N–H and O–H groups in total. The van der Waals surface area contributed by atoms with E-state index in [2.05, 4.69) is 16.0 Å². The van der Waals surface area contributed by atoms with Crippen molar-refractivity contribution < 1.29 is 18.7 Å². The molecule has 0 fully saturated rings. The molecule has 0 bridgehead atoms. The summed E-state index contributed by atoms with van der Waals surface area (Å²) in [6.45, 7) is 2.84. The van der Waals surface area contributed by atoms with Crippen LogP contribution in [0, 0.1) is 5.82 Å². The molecule has 27 heavy (non-hydrogen) atoms. The fourth-order valence-corrected chi connectivity index (χ4v) is 2.35. The number of carbonyl (C=O) groups is 2. The number of esters is 1. The first-order valence-corrected chi connectivity index (χ1v) is 8.76. The molecular weight excluding hydrogens is 369 g/mol. The lowest BCUT2D eigenvalue weighted by Crippen LogP contribution is -2.36. The SMILES string of the molecule is CCOC(=O)c1ccc(NC(=S)NCCNC(=O)c2ccc(F)cc2)cc1. The van der Waals surface area contributed by atoms with Gasteiger partial charge >= 0.3 is 5.97 Å². The Hall–Kier alpha value is -3.00. The second-order valence-electron chi connectivity index (χ2n) is 5.44. The Bertz CT molecular complexity index is 795. The normalized spacial score (nSPS) is 10.0. The maximum Gasteiger partial charge on any atom is 0.338 e. The zero-order valence-electron chi connectivity index (χ0n) is 14.8. The van der Waals surface area contributed by atoms with Crippen LogP contribution < -0.4 is 16.0 Å². The van der Waals surface area contributed by atoms with Crippen molar-refractivity contribution in [2.24, 2.45) is 0 Å². The first kappa shape index (κ1) is 20.3. The smallest absolute Gasteiger partial charge is 0.338 e. The van der Waals surface area contributed by atoms with Gasteiger partial charge in [-0.25, -0.2) is 9.18 Å². The molecule has 8 heteroatoms. The average molecular weight is 389 g/mol. The molecule has 142 valence electrons. The number of hydrogen-bond donors (Lipinski definition) is 3. The second-order valence-corrected chi connectivity index (χ2v) is 5.85. The largest absolute Gasteiger partial charge is 0.462 e. The predicted molar refractivity (Wildman–Crippen MR) is 105 cm³/mol. The highest BCUT2D eigenvalue weighted by molar-refractivity contribution is 7.80. The number of carbonyl (C=O) groups excluding carboxylic acids is 2. The van der Waals surface area contributed by atoms with E-state index in [0.29, 0.717) is 35.9 Å². The van der Waals surface area contributed by atoms with Gasteiger partial charge in [0.25, 0.3) is 5.91 Å². The molecule has 0 aliphatic rings. The first-order valence-electron chi connectivity index (χ1n) is 8.35. The van der Waals surface area contributed by atoms with E-state index < -0.39 is 0 Å². The summed E-state index contributed by atoms with van der Waals surface area (Å²) in [4.78, 5) is 23.5. The van der Waals surface area contributed by atoms with Crippen LogP contribution in [-0.4, -0.2) is 36.7 Å². The van der Waals surface area contributed by atoms with E-state index in [-0.39, 0.29) is 17.7 Å². The number of halogens is 1. The summed E-state index contributed by atoms with van der Waals surface area (Å²) in [5.74, 6) is -1.05. The van der Waals surface area contributed by atoms with Crippen LogP contribution in [0.3, 0.4) is 0 Å². The minimum atomic E-state index is -0.389. The topological polar surface area (TPSA) is 79.5 Å². The molecule has 0 spiro atoms. The van der Waals surface area contributed by atoms with Crippen molar-refractivity contribution in [2.45, 2.75) is 6.92 Å². The highest BCUT2D eigenvalue weighted by atomic mass is 32.1. The molecule has 0 aliphatic carbocycles. The third kappa shape index (κ3) is 6.67. The second kappa shape index (κ2) is 10.2. The van der Waals surface area contributed by atoms with E-state index in [1.54, 1.807) is 31.2 Å². The fraction of sp³-hybridized carbons (Fsp3) is 0.211. The molecule has 0 unspecified atom stereocenters. The number of hydrogen-bond acceptors (Lipinski definition) is 4. The van der Waals surface area contributed by atoms with E-state index in [4.69, 9.17) is 17.0 Å². The minimum Gasteiger partial charge on any atom is -0.462 e. The van der Waals surface area contributed by atoms with Gasteiger partial charge in [-0.3, -0.25) is 4.79 Å². The van der Waals surface area contributed by atoms with Gasteiger partial charge in [0, 0.05) is 24.3 Å². The molecule has 2 aromatic carbocycles. The molecular formula is C19H20FN3O3S. The maximum absolute atomic E-state index is 12.8. The third-order valence-corrected chi connectivity index (χ3v) is 3.70. The van der Waals surface area contributed by atoms with Gasteiger partial charge in [0.15, 0.2) is 5.11 Å². The highest BCUT2D eigenvalue weighted by Crippen LogP contribution is 2.10. The van der Waals surface area contributed by atoms with E-state index in [0.717, 1.165) is 5.69 Å². The van der Waals surface area contributed by atoms with Crippen molar-refractivity contribution in [2.75, 3.05) is 25.0 Å². The zero-order valence-corrected chi connectivity index (χ0v) is 15.6. The van der Waals surface area contributed by atoms with Crippen molar-refractivity contribution >= 4 is 34.9 Å². The molecule has 0 saturated carbocycles. The number of thiocarbonyl (C=S) groups is 1. The van der Waals surface area contributed by atoms with E-state index in [1.165, 1.54) is 24.3 Å². The number of anilines is 1. The van der Waals surface area contributed by atoms with Gasteiger partial charge in [-0.1, -0.05) is 0 Å². The van der Waals surface area contributed by atoms with Gasteiger partial charge in [0.05, 0.1) is 12.2 Å². The summed E-state index contributed by atoms with van der Waals surface area (Å²) in [6, 6.07) is 12.0. The number of nitrogens with one attached hydrogen (secondary N) is 3. The lowest BCUT2D eigenvalue weighted by Gasteiger charge is -2.11. The van der Waals surface area contributed by atoms with Crippen molar-refractivity contribution in [3.8, 4) is 0 Å². The van der Waals surface area contributed by atoms with Gasteiger partial charge in [0.1, 0.15) is 5.82 Å². The Morgan fingerprint density at radius 2 is 1.56 bits per heavy atom. The summed E-state index contributed by atoms with van der Waals surface area (Å²) < 4.78 is 17.8. The summed E-state index contributed by atoms with van der Waals surface area (Å²) in [5, 5.41) is 9.03. The highest BCUT2D eigenvalue weighted by Gasteiger charge is 2.07. The summed E-state index contributed by atoms with van der Waals surface area (Å²) in [7, 11) is 0. The maximum atomic E-state index is 12.8. The van der Waals surface area contributed by atoms with Gasteiger partial charge in [-0.05, 0) is 67.7 Å². The lowest BCUT2D eigenvalue weighted by atomic mass is 10.2. The molecule has 0 saturated heterocycles. The third-order valence-electron chi connectivity index (χ3n) is 3.46. The molecule has 0 heterocycles. The molecule has 0 aromatic heterocycles. The number of benzene rings is 2. The molecule has 2 aromatic rings. The molecule has 2 rings (SSSR count). The number of ether oxygens (including phenoxy) is 1. The Balaban J connectivity index is 1.70. The molecule has 0 atom stereocenters. The van der Waals surface area contributed by atoms with Crippen LogP contribution in [0.25, 0.3) is 0 Å².